The number of carbonyl (C=O) groups excluding carboxylic acids is 4. The third-order valence-corrected chi connectivity index (χ3v) is 3.55. The predicted molar refractivity (Wildman–Crippen MR) is 95.7 cm³/mol. The first-order chi connectivity index (χ1) is 12.3. The summed E-state index contributed by atoms with van der Waals surface area (Å²) in [6, 6.07) is 6.27. The van der Waals surface area contributed by atoms with E-state index in [2.05, 4.69) is 14.8 Å². The molecule has 0 saturated heterocycles. The minimum Gasteiger partial charge on any atom is -0.466 e. The number of rotatable bonds is 7. The number of hydrogen-bond acceptors (Lipinski definition) is 6. The zero-order valence-corrected chi connectivity index (χ0v) is 15.4. The van der Waals surface area contributed by atoms with Crippen molar-refractivity contribution in [1.29, 1.82) is 0 Å². The molecule has 0 heterocycles. The van der Waals surface area contributed by atoms with E-state index in [9.17, 15) is 19.2 Å². The lowest BCUT2D eigenvalue weighted by Crippen LogP contribution is -2.13. The molecule has 0 unspecified atom stereocenters. The number of ether oxygens (including phenoxy) is 2. The summed E-state index contributed by atoms with van der Waals surface area (Å²) in [4.78, 5) is 45.8. The Labute approximate surface area is 159 Å². The number of methoxy groups -OCH3 is 2. The van der Waals surface area contributed by atoms with Crippen molar-refractivity contribution in [3.05, 3.63) is 52.0 Å². The number of Topliss-reactive ketones (excluding diaryl/α,β-unsaturated/α-hetero) is 1. The standard InChI is InChI=1S/C17H15Cl2NO6/c1-25-15(22)8-12(18)14(21)7-10-3-5-11(6-4-10)20-17(24)13(19)9-16(23)26-2/h3-6,8-9H,7H2,1-2H3,(H,20,24)/b12-8-,13-9-. The van der Waals surface area contributed by atoms with Crippen molar-refractivity contribution in [3.63, 3.8) is 0 Å². The first kappa shape index (κ1) is 21.4. The smallest absolute Gasteiger partial charge is 0.332 e. The third kappa shape index (κ3) is 7.08. The Morgan fingerprint density at radius 3 is 1.92 bits per heavy atom. The molecule has 0 atom stereocenters. The van der Waals surface area contributed by atoms with Crippen LogP contribution in [0.1, 0.15) is 5.56 Å². The molecule has 1 amide bonds. The second kappa shape index (κ2) is 10.4. The quantitative estimate of drug-likeness (QED) is 0.557. The van der Waals surface area contributed by atoms with Crippen LogP contribution < -0.4 is 5.32 Å². The molecule has 0 aliphatic rings. The van der Waals surface area contributed by atoms with Crippen molar-refractivity contribution in [1.82, 2.24) is 0 Å². The van der Waals surface area contributed by atoms with E-state index in [-0.39, 0.29) is 16.5 Å². The number of halogens is 2. The van der Waals surface area contributed by atoms with Gasteiger partial charge in [0.25, 0.3) is 5.91 Å². The monoisotopic (exact) mass is 399 g/mol. The molecule has 9 heteroatoms. The van der Waals surface area contributed by atoms with Gasteiger partial charge in [0.05, 0.1) is 19.3 Å². The Morgan fingerprint density at radius 2 is 1.42 bits per heavy atom. The Hall–Kier alpha value is -2.64. The summed E-state index contributed by atoms with van der Waals surface area (Å²) in [6.45, 7) is 0. The lowest BCUT2D eigenvalue weighted by molar-refractivity contribution is -0.135. The van der Waals surface area contributed by atoms with Crippen LogP contribution >= 0.6 is 23.2 Å². The summed E-state index contributed by atoms with van der Waals surface area (Å²) in [5.41, 5.74) is 1.01. The van der Waals surface area contributed by atoms with Crippen LogP contribution in [0.25, 0.3) is 0 Å². The summed E-state index contributed by atoms with van der Waals surface area (Å²) < 4.78 is 8.76. The van der Waals surface area contributed by atoms with Crippen molar-refractivity contribution in [2.45, 2.75) is 6.42 Å². The highest BCUT2D eigenvalue weighted by molar-refractivity contribution is 6.45. The second-order valence-electron chi connectivity index (χ2n) is 4.78. The van der Waals surface area contributed by atoms with Gasteiger partial charge >= 0.3 is 11.9 Å². The predicted octanol–water partition coefficient (Wildman–Crippen LogP) is 2.33. The van der Waals surface area contributed by atoms with Crippen LogP contribution in [0.3, 0.4) is 0 Å². The summed E-state index contributed by atoms with van der Waals surface area (Å²) >= 11 is 11.4. The molecule has 26 heavy (non-hydrogen) atoms. The molecule has 0 spiro atoms. The molecule has 0 aromatic heterocycles. The maximum absolute atomic E-state index is 11.9. The van der Waals surface area contributed by atoms with Crippen molar-refractivity contribution in [2.24, 2.45) is 0 Å². The van der Waals surface area contributed by atoms with E-state index in [1.54, 1.807) is 24.3 Å². The first-order valence-electron chi connectivity index (χ1n) is 7.10. The van der Waals surface area contributed by atoms with Crippen molar-refractivity contribution >= 4 is 52.5 Å². The van der Waals surface area contributed by atoms with Gasteiger partial charge in [-0.25, -0.2) is 9.59 Å². The number of amides is 1. The summed E-state index contributed by atoms with van der Waals surface area (Å²) in [5, 5.41) is 1.90. The van der Waals surface area contributed by atoms with Gasteiger partial charge in [-0.3, -0.25) is 9.59 Å². The van der Waals surface area contributed by atoms with Gasteiger partial charge in [-0.05, 0) is 17.7 Å². The number of anilines is 1. The SMILES string of the molecule is COC(=O)/C=C(\Cl)C(=O)Cc1ccc(NC(=O)/C(Cl)=C/C(=O)OC)cc1. The summed E-state index contributed by atoms with van der Waals surface area (Å²) in [5.74, 6) is -2.63. The highest BCUT2D eigenvalue weighted by Crippen LogP contribution is 2.15. The van der Waals surface area contributed by atoms with Gasteiger partial charge in [0.2, 0.25) is 0 Å². The third-order valence-electron chi connectivity index (χ3n) is 2.95. The number of carbonyl (C=O) groups is 4. The summed E-state index contributed by atoms with van der Waals surface area (Å²) in [7, 11) is 2.33. The molecule has 0 aliphatic heterocycles. The molecular formula is C17H15Cl2NO6. The molecule has 7 nitrogen and oxygen atoms in total. The number of esters is 2. The molecule has 0 saturated carbocycles. The molecule has 1 N–H and O–H groups in total. The van der Waals surface area contributed by atoms with Crippen LogP contribution in [0.4, 0.5) is 5.69 Å². The van der Waals surface area contributed by atoms with E-state index in [0.717, 1.165) is 19.3 Å². The van der Waals surface area contributed by atoms with Gasteiger partial charge in [-0.1, -0.05) is 35.3 Å². The van der Waals surface area contributed by atoms with Crippen LogP contribution in [0, 0.1) is 0 Å². The van der Waals surface area contributed by atoms with Crippen LogP contribution in [0.5, 0.6) is 0 Å². The zero-order chi connectivity index (χ0) is 19.7. The Bertz CT molecular complexity index is 703. The van der Waals surface area contributed by atoms with Gasteiger partial charge in [0, 0.05) is 24.3 Å². The first-order valence-corrected chi connectivity index (χ1v) is 7.86. The van der Waals surface area contributed by atoms with E-state index in [1.807, 2.05) is 0 Å². The minimum absolute atomic E-state index is 0.0381. The Kier molecular flexibility index (Phi) is 8.54. The molecule has 0 fully saturated rings. The van der Waals surface area contributed by atoms with Crippen molar-refractivity contribution < 1.29 is 28.7 Å². The largest absolute Gasteiger partial charge is 0.466 e. The second-order valence-corrected chi connectivity index (χ2v) is 5.60. The molecule has 0 bridgehead atoms. The molecule has 138 valence electrons. The molecular weight excluding hydrogens is 385 g/mol. The van der Waals surface area contributed by atoms with Gasteiger partial charge in [-0.15, -0.1) is 0 Å². The average molecular weight is 400 g/mol. The van der Waals surface area contributed by atoms with Crippen LogP contribution in [-0.2, 0) is 35.1 Å². The molecule has 0 aliphatic carbocycles. The Balaban J connectivity index is 2.72. The number of ketones is 1. The molecule has 1 rings (SSSR count). The molecule has 1 aromatic rings. The van der Waals surface area contributed by atoms with Crippen LogP contribution in [-0.4, -0.2) is 37.8 Å². The fourth-order valence-corrected chi connectivity index (χ4v) is 1.93. The Morgan fingerprint density at radius 1 is 0.923 bits per heavy atom. The summed E-state index contributed by atoms with van der Waals surface area (Å²) in [6.07, 6.45) is 1.71. The number of benzene rings is 1. The lowest BCUT2D eigenvalue weighted by Gasteiger charge is -2.06. The van der Waals surface area contributed by atoms with Gasteiger partial charge < -0.3 is 14.8 Å². The van der Waals surface area contributed by atoms with E-state index < -0.39 is 23.6 Å². The van der Waals surface area contributed by atoms with E-state index in [0.29, 0.717) is 11.3 Å². The fourth-order valence-electron chi connectivity index (χ4n) is 1.64. The number of nitrogens with one attached hydrogen (secondary N) is 1. The topological polar surface area (TPSA) is 98.8 Å². The van der Waals surface area contributed by atoms with Gasteiger partial charge in [-0.2, -0.15) is 0 Å². The van der Waals surface area contributed by atoms with Crippen molar-refractivity contribution in [2.75, 3.05) is 19.5 Å². The number of hydrogen-bond donors (Lipinski definition) is 1. The lowest BCUT2D eigenvalue weighted by atomic mass is 10.1. The number of allylic oxidation sites excluding steroid dienone is 1. The highest BCUT2D eigenvalue weighted by atomic mass is 35.5. The van der Waals surface area contributed by atoms with E-state index in [4.69, 9.17) is 23.2 Å². The maximum Gasteiger partial charge on any atom is 0.332 e. The van der Waals surface area contributed by atoms with Crippen molar-refractivity contribution in [3.8, 4) is 0 Å². The molecule has 0 radical (unpaired) electrons. The van der Waals surface area contributed by atoms with E-state index in [1.165, 1.54) is 7.11 Å². The van der Waals surface area contributed by atoms with Gasteiger partial charge in [0.15, 0.2) is 5.78 Å². The van der Waals surface area contributed by atoms with E-state index >= 15 is 0 Å². The molecule has 1 aromatic carbocycles. The van der Waals surface area contributed by atoms with Crippen LogP contribution in [0.15, 0.2) is 46.5 Å². The maximum atomic E-state index is 11.9. The van der Waals surface area contributed by atoms with Crippen LogP contribution in [0.2, 0.25) is 0 Å². The average Bonchev–Trinajstić information content (AvgIpc) is 2.62. The zero-order valence-electron chi connectivity index (χ0n) is 13.9. The minimum atomic E-state index is -0.754. The normalized spacial score (nSPS) is 11.5. The van der Waals surface area contributed by atoms with Gasteiger partial charge in [0.1, 0.15) is 5.03 Å². The highest BCUT2D eigenvalue weighted by Gasteiger charge is 2.12. The fraction of sp³-hybridized carbons (Fsp3) is 0.176.